The van der Waals surface area contributed by atoms with E-state index in [0.29, 0.717) is 12.8 Å². The number of ether oxygens (including phenoxy) is 1. The molecular formula is C12H21NO5. The highest BCUT2D eigenvalue weighted by Gasteiger charge is 2.22. The van der Waals surface area contributed by atoms with Gasteiger partial charge in [0.15, 0.2) is 0 Å². The van der Waals surface area contributed by atoms with Crippen molar-refractivity contribution in [2.45, 2.75) is 45.6 Å². The minimum absolute atomic E-state index is 0.165. The summed E-state index contributed by atoms with van der Waals surface area (Å²) in [5.74, 6) is -1.81. The number of hydrogen-bond donors (Lipinski definition) is 2. The van der Waals surface area contributed by atoms with Crippen molar-refractivity contribution in [3.8, 4) is 0 Å². The van der Waals surface area contributed by atoms with Crippen molar-refractivity contribution in [3.63, 3.8) is 0 Å². The number of aliphatic carboxylic acids is 1. The fourth-order valence-electron chi connectivity index (χ4n) is 1.42. The fourth-order valence-corrected chi connectivity index (χ4v) is 1.42. The van der Waals surface area contributed by atoms with Crippen LogP contribution in [-0.2, 0) is 19.1 Å². The van der Waals surface area contributed by atoms with E-state index in [1.54, 1.807) is 13.8 Å². The van der Waals surface area contributed by atoms with Gasteiger partial charge in [0, 0.05) is 12.8 Å². The third-order valence-electron chi connectivity index (χ3n) is 2.51. The van der Waals surface area contributed by atoms with E-state index in [4.69, 9.17) is 5.11 Å². The van der Waals surface area contributed by atoms with Gasteiger partial charge >= 0.3 is 11.9 Å². The van der Waals surface area contributed by atoms with Gasteiger partial charge in [-0.2, -0.15) is 0 Å². The maximum absolute atomic E-state index is 11.5. The lowest BCUT2D eigenvalue weighted by atomic mass is 10.0. The average Bonchev–Trinajstić information content (AvgIpc) is 2.30. The molecule has 0 aromatic heterocycles. The molecule has 0 saturated carbocycles. The first-order valence-corrected chi connectivity index (χ1v) is 5.97. The van der Waals surface area contributed by atoms with Crippen LogP contribution in [0.4, 0.5) is 0 Å². The van der Waals surface area contributed by atoms with E-state index in [0.717, 1.165) is 0 Å². The molecule has 0 aliphatic carbocycles. The number of unbranched alkanes of at least 4 members (excludes halogenated alkanes) is 1. The number of carboxylic acid groups (broad SMARTS) is 1. The minimum atomic E-state index is -1.03. The van der Waals surface area contributed by atoms with Crippen molar-refractivity contribution in [1.82, 2.24) is 5.32 Å². The van der Waals surface area contributed by atoms with Crippen molar-refractivity contribution < 1.29 is 24.2 Å². The Labute approximate surface area is 107 Å². The van der Waals surface area contributed by atoms with E-state index in [9.17, 15) is 14.4 Å². The third kappa shape index (κ3) is 6.88. The van der Waals surface area contributed by atoms with E-state index in [2.05, 4.69) is 10.1 Å². The van der Waals surface area contributed by atoms with Crippen LogP contribution in [0, 0.1) is 5.92 Å². The maximum Gasteiger partial charge on any atom is 0.326 e. The Morgan fingerprint density at radius 3 is 2.17 bits per heavy atom. The fraction of sp³-hybridized carbons (Fsp3) is 0.750. The molecule has 1 atom stereocenters. The molecule has 0 rings (SSSR count). The number of carbonyl (C=O) groups excluding carboxylic acids is 2. The molecule has 18 heavy (non-hydrogen) atoms. The smallest absolute Gasteiger partial charge is 0.326 e. The van der Waals surface area contributed by atoms with E-state index in [-0.39, 0.29) is 30.6 Å². The molecule has 2 N–H and O–H groups in total. The molecule has 0 aromatic carbocycles. The predicted octanol–water partition coefficient (Wildman–Crippen LogP) is 0.945. The van der Waals surface area contributed by atoms with Gasteiger partial charge in [0.1, 0.15) is 6.04 Å². The lowest BCUT2D eigenvalue weighted by Gasteiger charge is -2.17. The number of carboxylic acids is 1. The number of amides is 1. The molecule has 0 radical (unpaired) electrons. The number of carbonyl (C=O) groups is 3. The summed E-state index contributed by atoms with van der Waals surface area (Å²) in [5, 5.41) is 11.4. The molecule has 6 heteroatoms. The Hall–Kier alpha value is -1.59. The van der Waals surface area contributed by atoms with Crippen LogP contribution in [-0.4, -0.2) is 36.1 Å². The van der Waals surface area contributed by atoms with Gasteiger partial charge in [0.05, 0.1) is 7.11 Å². The first kappa shape index (κ1) is 16.4. The monoisotopic (exact) mass is 259 g/mol. The first-order valence-electron chi connectivity index (χ1n) is 5.97. The molecule has 1 unspecified atom stereocenters. The summed E-state index contributed by atoms with van der Waals surface area (Å²) in [5.41, 5.74) is 0. The minimum Gasteiger partial charge on any atom is -0.480 e. The molecule has 0 bridgehead atoms. The summed E-state index contributed by atoms with van der Waals surface area (Å²) in [4.78, 5) is 33.2. The summed E-state index contributed by atoms with van der Waals surface area (Å²) < 4.78 is 4.47. The Kier molecular flexibility index (Phi) is 7.74. The van der Waals surface area contributed by atoms with Crippen LogP contribution in [0.3, 0.4) is 0 Å². The molecule has 0 aliphatic rings. The lowest BCUT2D eigenvalue weighted by molar-refractivity contribution is -0.143. The number of rotatable bonds is 8. The van der Waals surface area contributed by atoms with Crippen molar-refractivity contribution in [1.29, 1.82) is 0 Å². The second-order valence-corrected chi connectivity index (χ2v) is 4.41. The van der Waals surface area contributed by atoms with E-state index < -0.39 is 12.0 Å². The number of hydrogen-bond acceptors (Lipinski definition) is 4. The number of nitrogens with one attached hydrogen (secondary N) is 1. The van der Waals surface area contributed by atoms with Gasteiger partial charge in [-0.25, -0.2) is 4.79 Å². The van der Waals surface area contributed by atoms with Crippen LogP contribution in [0.5, 0.6) is 0 Å². The molecule has 1 amide bonds. The SMILES string of the molecule is COC(=O)CCCCC(=O)NC(C(=O)O)C(C)C. The molecule has 6 nitrogen and oxygen atoms in total. The molecule has 0 aliphatic heterocycles. The zero-order valence-electron chi connectivity index (χ0n) is 11.1. The summed E-state index contributed by atoms with van der Waals surface area (Å²) in [7, 11) is 1.31. The number of esters is 1. The summed E-state index contributed by atoms with van der Waals surface area (Å²) >= 11 is 0. The van der Waals surface area contributed by atoms with Crippen LogP contribution in [0.15, 0.2) is 0 Å². The normalized spacial score (nSPS) is 12.0. The maximum atomic E-state index is 11.5. The molecule has 104 valence electrons. The molecule has 0 saturated heterocycles. The standard InChI is InChI=1S/C12H21NO5/c1-8(2)11(12(16)17)13-9(14)6-4-5-7-10(15)18-3/h8,11H,4-7H2,1-3H3,(H,13,14)(H,16,17). The Balaban J connectivity index is 3.89. The van der Waals surface area contributed by atoms with Gasteiger partial charge < -0.3 is 15.2 Å². The highest BCUT2D eigenvalue weighted by Crippen LogP contribution is 2.05. The second kappa shape index (κ2) is 8.49. The topological polar surface area (TPSA) is 92.7 Å². The van der Waals surface area contributed by atoms with Crippen molar-refractivity contribution in [3.05, 3.63) is 0 Å². The van der Waals surface area contributed by atoms with Crippen LogP contribution in [0.1, 0.15) is 39.5 Å². The van der Waals surface area contributed by atoms with Gasteiger partial charge in [-0.05, 0) is 18.8 Å². The van der Waals surface area contributed by atoms with Gasteiger partial charge in [0.25, 0.3) is 0 Å². The average molecular weight is 259 g/mol. The molecule has 0 spiro atoms. The van der Waals surface area contributed by atoms with Gasteiger partial charge in [-0.15, -0.1) is 0 Å². The summed E-state index contributed by atoms with van der Waals surface area (Å²) in [6.07, 6.45) is 1.58. The highest BCUT2D eigenvalue weighted by molar-refractivity contribution is 5.83. The summed E-state index contributed by atoms with van der Waals surface area (Å²) in [6, 6.07) is -0.863. The zero-order chi connectivity index (χ0) is 14.1. The van der Waals surface area contributed by atoms with Crippen LogP contribution in [0.2, 0.25) is 0 Å². The molecule has 0 heterocycles. The van der Waals surface area contributed by atoms with E-state index in [1.807, 2.05) is 0 Å². The number of methoxy groups -OCH3 is 1. The zero-order valence-corrected chi connectivity index (χ0v) is 11.1. The van der Waals surface area contributed by atoms with Crippen molar-refractivity contribution in [2.24, 2.45) is 5.92 Å². The third-order valence-corrected chi connectivity index (χ3v) is 2.51. The predicted molar refractivity (Wildman–Crippen MR) is 64.9 cm³/mol. The van der Waals surface area contributed by atoms with E-state index in [1.165, 1.54) is 7.11 Å². The Bertz CT molecular complexity index is 301. The van der Waals surface area contributed by atoms with Crippen molar-refractivity contribution in [2.75, 3.05) is 7.11 Å². The van der Waals surface area contributed by atoms with Gasteiger partial charge in [-0.3, -0.25) is 9.59 Å². The van der Waals surface area contributed by atoms with Gasteiger partial charge in [0.2, 0.25) is 5.91 Å². The molecule has 0 fully saturated rings. The molecule has 0 aromatic rings. The Morgan fingerprint density at radius 2 is 1.72 bits per heavy atom. The van der Waals surface area contributed by atoms with Gasteiger partial charge in [-0.1, -0.05) is 13.8 Å². The highest BCUT2D eigenvalue weighted by atomic mass is 16.5. The molecular weight excluding hydrogens is 238 g/mol. The van der Waals surface area contributed by atoms with Crippen LogP contribution in [0.25, 0.3) is 0 Å². The van der Waals surface area contributed by atoms with Crippen LogP contribution >= 0.6 is 0 Å². The summed E-state index contributed by atoms with van der Waals surface area (Å²) in [6.45, 7) is 3.46. The largest absolute Gasteiger partial charge is 0.480 e. The lowest BCUT2D eigenvalue weighted by Crippen LogP contribution is -2.44. The second-order valence-electron chi connectivity index (χ2n) is 4.41. The van der Waals surface area contributed by atoms with Crippen molar-refractivity contribution >= 4 is 17.8 Å². The quantitative estimate of drug-likeness (QED) is 0.500. The van der Waals surface area contributed by atoms with Crippen LogP contribution < -0.4 is 5.32 Å². The first-order chi connectivity index (χ1) is 8.38. The van der Waals surface area contributed by atoms with E-state index >= 15 is 0 Å². The Morgan fingerprint density at radius 1 is 1.17 bits per heavy atom.